The minimum absolute atomic E-state index is 0.190. The minimum Gasteiger partial charge on any atom is -0.392 e. The van der Waals surface area contributed by atoms with Crippen molar-refractivity contribution in [2.24, 2.45) is 0 Å². The van der Waals surface area contributed by atoms with Crippen LogP contribution in [0.4, 0.5) is 4.39 Å². The summed E-state index contributed by atoms with van der Waals surface area (Å²) in [6.45, 7) is 1.80. The third kappa shape index (κ3) is 4.82. The SMILES string of the molecule is CC(O)CNC(=O)c1cccnc1SCc1ccc(F)cc1. The van der Waals surface area contributed by atoms with Crippen molar-refractivity contribution >= 4 is 17.7 Å². The van der Waals surface area contributed by atoms with Gasteiger partial charge >= 0.3 is 0 Å². The van der Waals surface area contributed by atoms with Crippen molar-refractivity contribution in [1.29, 1.82) is 0 Å². The average molecular weight is 320 g/mol. The maximum absolute atomic E-state index is 12.9. The van der Waals surface area contributed by atoms with Crippen molar-refractivity contribution in [1.82, 2.24) is 10.3 Å². The zero-order valence-electron chi connectivity index (χ0n) is 12.1. The fourth-order valence-corrected chi connectivity index (χ4v) is 2.69. The first kappa shape index (κ1) is 16.5. The molecule has 1 heterocycles. The summed E-state index contributed by atoms with van der Waals surface area (Å²) in [6, 6.07) is 9.61. The molecule has 0 spiro atoms. The second kappa shape index (κ2) is 7.91. The van der Waals surface area contributed by atoms with E-state index in [0.29, 0.717) is 16.3 Å². The number of carbonyl (C=O) groups is 1. The Morgan fingerprint density at radius 1 is 1.36 bits per heavy atom. The number of thioether (sulfide) groups is 1. The van der Waals surface area contributed by atoms with Gasteiger partial charge in [0.1, 0.15) is 10.8 Å². The van der Waals surface area contributed by atoms with Crippen LogP contribution in [-0.4, -0.2) is 28.6 Å². The van der Waals surface area contributed by atoms with Gasteiger partial charge in [0.25, 0.3) is 5.91 Å². The number of hydrogen-bond donors (Lipinski definition) is 2. The van der Waals surface area contributed by atoms with E-state index in [9.17, 15) is 14.3 Å². The summed E-state index contributed by atoms with van der Waals surface area (Å²) in [7, 11) is 0. The number of aliphatic hydroxyl groups excluding tert-OH is 1. The summed E-state index contributed by atoms with van der Waals surface area (Å²) in [5, 5.41) is 12.5. The van der Waals surface area contributed by atoms with Gasteiger partial charge in [0.15, 0.2) is 0 Å². The van der Waals surface area contributed by atoms with Crippen molar-refractivity contribution in [2.75, 3.05) is 6.54 Å². The summed E-state index contributed by atoms with van der Waals surface area (Å²) in [5.41, 5.74) is 1.42. The largest absolute Gasteiger partial charge is 0.392 e. The van der Waals surface area contributed by atoms with Crippen molar-refractivity contribution in [3.05, 3.63) is 59.5 Å². The molecule has 1 aromatic heterocycles. The highest BCUT2D eigenvalue weighted by molar-refractivity contribution is 7.98. The maximum Gasteiger partial charge on any atom is 0.254 e. The van der Waals surface area contributed by atoms with Crippen LogP contribution in [0.2, 0.25) is 0 Å². The van der Waals surface area contributed by atoms with Crippen molar-refractivity contribution in [2.45, 2.75) is 23.8 Å². The fraction of sp³-hybridized carbons (Fsp3) is 0.250. The molecule has 2 aromatic rings. The lowest BCUT2D eigenvalue weighted by Gasteiger charge is -2.10. The maximum atomic E-state index is 12.9. The van der Waals surface area contributed by atoms with Gasteiger partial charge in [0.2, 0.25) is 0 Å². The molecule has 22 heavy (non-hydrogen) atoms. The molecule has 1 atom stereocenters. The summed E-state index contributed by atoms with van der Waals surface area (Å²) in [4.78, 5) is 16.3. The predicted octanol–water partition coefficient (Wildman–Crippen LogP) is 2.62. The summed E-state index contributed by atoms with van der Waals surface area (Å²) in [6.07, 6.45) is 1.02. The molecule has 2 N–H and O–H groups in total. The van der Waals surface area contributed by atoms with Gasteiger partial charge in [-0.1, -0.05) is 12.1 Å². The van der Waals surface area contributed by atoms with Gasteiger partial charge in [-0.3, -0.25) is 4.79 Å². The van der Waals surface area contributed by atoms with Crippen LogP contribution in [0.5, 0.6) is 0 Å². The Balaban J connectivity index is 2.04. The molecule has 0 fully saturated rings. The highest BCUT2D eigenvalue weighted by atomic mass is 32.2. The van der Waals surface area contributed by atoms with E-state index in [4.69, 9.17) is 0 Å². The number of rotatable bonds is 6. The lowest BCUT2D eigenvalue weighted by Crippen LogP contribution is -2.31. The molecule has 1 aromatic carbocycles. The van der Waals surface area contributed by atoms with E-state index < -0.39 is 6.10 Å². The van der Waals surface area contributed by atoms with Crippen LogP contribution >= 0.6 is 11.8 Å². The van der Waals surface area contributed by atoms with Crippen LogP contribution in [-0.2, 0) is 5.75 Å². The molecule has 0 aliphatic rings. The number of hydrogen-bond acceptors (Lipinski definition) is 4. The number of amides is 1. The number of carbonyl (C=O) groups excluding carboxylic acids is 1. The Hall–Kier alpha value is -1.92. The molecule has 0 saturated heterocycles. The van der Waals surface area contributed by atoms with E-state index in [0.717, 1.165) is 5.56 Å². The average Bonchev–Trinajstić information content (AvgIpc) is 2.52. The lowest BCUT2D eigenvalue weighted by molar-refractivity contribution is 0.0920. The number of benzene rings is 1. The number of aliphatic hydroxyl groups is 1. The van der Waals surface area contributed by atoms with Gasteiger partial charge in [0, 0.05) is 18.5 Å². The molecule has 0 bridgehead atoms. The molecule has 0 aliphatic heterocycles. The number of pyridine rings is 1. The topological polar surface area (TPSA) is 62.2 Å². The smallest absolute Gasteiger partial charge is 0.254 e. The first-order chi connectivity index (χ1) is 10.6. The van der Waals surface area contributed by atoms with E-state index in [1.54, 1.807) is 37.4 Å². The Morgan fingerprint density at radius 2 is 2.09 bits per heavy atom. The number of nitrogens with one attached hydrogen (secondary N) is 1. The monoisotopic (exact) mass is 320 g/mol. The summed E-state index contributed by atoms with van der Waals surface area (Å²) < 4.78 is 12.9. The van der Waals surface area contributed by atoms with E-state index in [1.165, 1.54) is 23.9 Å². The molecule has 2 rings (SSSR count). The van der Waals surface area contributed by atoms with E-state index in [2.05, 4.69) is 10.3 Å². The molecule has 0 saturated carbocycles. The van der Waals surface area contributed by atoms with Crippen molar-refractivity contribution in [3.8, 4) is 0 Å². The third-order valence-corrected chi connectivity index (χ3v) is 3.94. The number of halogens is 1. The van der Waals surface area contributed by atoms with E-state index in [1.807, 2.05) is 0 Å². The lowest BCUT2D eigenvalue weighted by atomic mass is 10.2. The molecule has 4 nitrogen and oxygen atoms in total. The van der Waals surface area contributed by atoms with Crippen molar-refractivity contribution < 1.29 is 14.3 Å². The first-order valence-electron chi connectivity index (χ1n) is 6.85. The van der Waals surface area contributed by atoms with Crippen LogP contribution in [0.15, 0.2) is 47.6 Å². The van der Waals surface area contributed by atoms with Gasteiger partial charge in [-0.15, -0.1) is 11.8 Å². The normalized spacial score (nSPS) is 12.0. The van der Waals surface area contributed by atoms with E-state index in [-0.39, 0.29) is 18.3 Å². The van der Waals surface area contributed by atoms with Crippen molar-refractivity contribution in [3.63, 3.8) is 0 Å². The standard InChI is InChI=1S/C16H17FN2O2S/c1-11(20)9-19-15(21)14-3-2-8-18-16(14)22-10-12-4-6-13(17)7-5-12/h2-8,11,20H,9-10H2,1H3,(H,19,21). The molecular formula is C16H17FN2O2S. The van der Waals surface area contributed by atoms with Crippen LogP contribution in [0, 0.1) is 5.82 Å². The van der Waals surface area contributed by atoms with Gasteiger partial charge in [0.05, 0.1) is 11.7 Å². The van der Waals surface area contributed by atoms with Gasteiger partial charge in [-0.05, 0) is 36.8 Å². The summed E-state index contributed by atoms with van der Waals surface area (Å²) in [5.74, 6) is 0.0499. The number of aromatic nitrogens is 1. The molecule has 1 unspecified atom stereocenters. The number of nitrogens with zero attached hydrogens (tertiary/aromatic N) is 1. The second-order valence-corrected chi connectivity index (χ2v) is 5.79. The van der Waals surface area contributed by atoms with Crippen LogP contribution in [0.1, 0.15) is 22.8 Å². The first-order valence-corrected chi connectivity index (χ1v) is 7.83. The fourth-order valence-electron chi connectivity index (χ4n) is 1.75. The molecule has 0 radical (unpaired) electrons. The second-order valence-electron chi connectivity index (χ2n) is 4.83. The van der Waals surface area contributed by atoms with Crippen LogP contribution < -0.4 is 5.32 Å². The Bertz CT molecular complexity index is 632. The highest BCUT2D eigenvalue weighted by Crippen LogP contribution is 2.24. The molecular weight excluding hydrogens is 303 g/mol. The van der Waals surface area contributed by atoms with Crippen LogP contribution in [0.25, 0.3) is 0 Å². The Labute approximate surface area is 132 Å². The predicted molar refractivity (Wildman–Crippen MR) is 84.2 cm³/mol. The molecule has 0 aliphatic carbocycles. The van der Waals surface area contributed by atoms with Crippen LogP contribution in [0.3, 0.4) is 0 Å². The zero-order valence-corrected chi connectivity index (χ0v) is 12.9. The minimum atomic E-state index is -0.601. The zero-order chi connectivity index (χ0) is 15.9. The molecule has 6 heteroatoms. The quantitative estimate of drug-likeness (QED) is 0.803. The Kier molecular flexibility index (Phi) is 5.91. The van der Waals surface area contributed by atoms with E-state index >= 15 is 0 Å². The van der Waals surface area contributed by atoms with Gasteiger partial charge < -0.3 is 10.4 Å². The highest BCUT2D eigenvalue weighted by Gasteiger charge is 2.13. The van der Waals surface area contributed by atoms with Gasteiger partial charge in [-0.25, -0.2) is 9.37 Å². The summed E-state index contributed by atoms with van der Waals surface area (Å²) >= 11 is 1.41. The molecule has 116 valence electrons. The van der Waals surface area contributed by atoms with Gasteiger partial charge in [-0.2, -0.15) is 0 Å². The Morgan fingerprint density at radius 3 is 2.77 bits per heavy atom. The molecule has 1 amide bonds. The third-order valence-electron chi connectivity index (χ3n) is 2.86.